The minimum atomic E-state index is 0.0306. The van der Waals surface area contributed by atoms with Gasteiger partial charge in [-0.2, -0.15) is 23.5 Å². The molecule has 0 aliphatic carbocycles. The zero-order valence-electron chi connectivity index (χ0n) is 11.1. The van der Waals surface area contributed by atoms with Crippen molar-refractivity contribution < 1.29 is 14.3 Å². The van der Waals surface area contributed by atoms with Gasteiger partial charge in [0, 0.05) is 43.8 Å². The maximum Gasteiger partial charge on any atom is 0.140 e. The zero-order chi connectivity index (χ0) is 13.0. The molecule has 5 heteroatoms. The van der Waals surface area contributed by atoms with E-state index in [2.05, 4.69) is 0 Å². The Hall–Kier alpha value is 0.290. The Labute approximate surface area is 118 Å². The molecule has 2 rings (SSSR count). The molecule has 0 unspecified atom stereocenters. The second-order valence-corrected chi connectivity index (χ2v) is 7.20. The van der Waals surface area contributed by atoms with Crippen LogP contribution in [0.15, 0.2) is 0 Å². The summed E-state index contributed by atoms with van der Waals surface area (Å²) in [7, 11) is 3.51. The van der Waals surface area contributed by atoms with Gasteiger partial charge in [0.05, 0.1) is 18.1 Å². The van der Waals surface area contributed by atoms with Crippen LogP contribution in [0.1, 0.15) is 12.8 Å². The average Bonchev–Trinajstić information content (AvgIpc) is 2.42. The number of ketones is 1. The quantitative estimate of drug-likeness (QED) is 0.792. The highest BCUT2D eigenvalue weighted by Crippen LogP contribution is 2.35. The van der Waals surface area contributed by atoms with E-state index in [1.807, 2.05) is 23.5 Å². The molecule has 0 aromatic rings. The van der Waals surface area contributed by atoms with Crippen LogP contribution in [0.25, 0.3) is 0 Å². The van der Waals surface area contributed by atoms with Crippen LogP contribution in [-0.2, 0) is 14.3 Å². The summed E-state index contributed by atoms with van der Waals surface area (Å²) < 4.78 is 11.3. The maximum atomic E-state index is 12.1. The van der Waals surface area contributed by atoms with E-state index < -0.39 is 0 Å². The first-order chi connectivity index (χ1) is 8.77. The third-order valence-corrected chi connectivity index (χ3v) is 6.16. The summed E-state index contributed by atoms with van der Waals surface area (Å²) in [6, 6.07) is 0. The Morgan fingerprint density at radius 2 is 2.00 bits per heavy atom. The molecule has 2 fully saturated rings. The summed E-state index contributed by atoms with van der Waals surface area (Å²) in [6.07, 6.45) is 2.05. The SMILES string of the molecule is CO[C@H]([C@H]1CSCC[C@H]1OC)[C@@H]1CSCCC1=O. The van der Waals surface area contributed by atoms with Gasteiger partial charge in [-0.1, -0.05) is 0 Å². The fourth-order valence-corrected chi connectivity index (χ4v) is 5.30. The molecular formula is C13H22O3S2. The number of hydrogen-bond donors (Lipinski definition) is 0. The van der Waals surface area contributed by atoms with Crippen molar-refractivity contribution in [1.29, 1.82) is 0 Å². The number of thioether (sulfide) groups is 2. The molecule has 0 radical (unpaired) electrons. The Morgan fingerprint density at radius 1 is 1.22 bits per heavy atom. The number of methoxy groups -OCH3 is 2. The zero-order valence-corrected chi connectivity index (χ0v) is 12.7. The van der Waals surface area contributed by atoms with E-state index in [0.717, 1.165) is 29.4 Å². The molecule has 0 N–H and O–H groups in total. The molecule has 2 saturated heterocycles. The maximum absolute atomic E-state index is 12.1. The van der Waals surface area contributed by atoms with Crippen molar-refractivity contribution in [3.8, 4) is 0 Å². The van der Waals surface area contributed by atoms with Gasteiger partial charge in [-0.15, -0.1) is 0 Å². The van der Waals surface area contributed by atoms with E-state index in [1.165, 1.54) is 0 Å². The van der Waals surface area contributed by atoms with Crippen molar-refractivity contribution in [3.63, 3.8) is 0 Å². The van der Waals surface area contributed by atoms with E-state index in [0.29, 0.717) is 18.1 Å². The third-order valence-electron chi connectivity index (χ3n) is 3.93. The molecule has 18 heavy (non-hydrogen) atoms. The molecule has 2 aliphatic rings. The minimum Gasteiger partial charge on any atom is -0.381 e. The van der Waals surface area contributed by atoms with E-state index in [1.54, 1.807) is 14.2 Å². The number of carbonyl (C=O) groups is 1. The Kier molecular flexibility index (Phi) is 5.86. The molecule has 2 heterocycles. The van der Waals surface area contributed by atoms with E-state index in [9.17, 15) is 4.79 Å². The smallest absolute Gasteiger partial charge is 0.140 e. The molecular weight excluding hydrogens is 268 g/mol. The van der Waals surface area contributed by atoms with Crippen LogP contribution >= 0.6 is 23.5 Å². The predicted molar refractivity (Wildman–Crippen MR) is 77.5 cm³/mol. The van der Waals surface area contributed by atoms with Gasteiger partial charge in [0.25, 0.3) is 0 Å². The second kappa shape index (κ2) is 7.17. The minimum absolute atomic E-state index is 0.0306. The fourth-order valence-electron chi connectivity index (χ4n) is 2.92. The molecule has 0 saturated carbocycles. The lowest BCUT2D eigenvalue weighted by molar-refractivity contribution is -0.130. The van der Waals surface area contributed by atoms with Crippen molar-refractivity contribution in [1.82, 2.24) is 0 Å². The molecule has 0 aromatic heterocycles. The Morgan fingerprint density at radius 3 is 2.67 bits per heavy atom. The van der Waals surface area contributed by atoms with Gasteiger partial charge in [-0.25, -0.2) is 0 Å². The van der Waals surface area contributed by atoms with E-state index >= 15 is 0 Å². The number of carbonyl (C=O) groups excluding carboxylic acids is 1. The van der Waals surface area contributed by atoms with Crippen molar-refractivity contribution >= 4 is 29.3 Å². The van der Waals surface area contributed by atoms with Crippen LogP contribution in [0.3, 0.4) is 0 Å². The van der Waals surface area contributed by atoms with Crippen LogP contribution in [0.5, 0.6) is 0 Å². The first-order valence-electron chi connectivity index (χ1n) is 6.51. The fraction of sp³-hybridized carbons (Fsp3) is 0.923. The summed E-state index contributed by atoms with van der Waals surface area (Å²) >= 11 is 3.83. The van der Waals surface area contributed by atoms with Gasteiger partial charge in [-0.3, -0.25) is 4.79 Å². The standard InChI is InChI=1S/C13H22O3S2/c1-15-12-4-6-18-8-10(12)13(16-2)9-7-17-5-3-11(9)14/h9-10,12-13H,3-8H2,1-2H3/t9-,10+,12-,13+/m1/s1. The average molecular weight is 290 g/mol. The normalized spacial score (nSPS) is 35.4. The topological polar surface area (TPSA) is 35.5 Å². The van der Waals surface area contributed by atoms with Gasteiger partial charge < -0.3 is 9.47 Å². The monoisotopic (exact) mass is 290 g/mol. The van der Waals surface area contributed by atoms with Crippen molar-refractivity contribution in [2.75, 3.05) is 37.2 Å². The second-order valence-electron chi connectivity index (χ2n) is 4.90. The van der Waals surface area contributed by atoms with Crippen molar-refractivity contribution in [2.24, 2.45) is 11.8 Å². The Bertz CT molecular complexity index is 285. The van der Waals surface area contributed by atoms with Crippen LogP contribution in [0.4, 0.5) is 0 Å². The van der Waals surface area contributed by atoms with Crippen LogP contribution in [-0.4, -0.2) is 55.2 Å². The molecule has 3 nitrogen and oxygen atoms in total. The predicted octanol–water partition coefficient (Wildman–Crippen LogP) is 2.09. The van der Waals surface area contributed by atoms with Crippen LogP contribution in [0, 0.1) is 11.8 Å². The van der Waals surface area contributed by atoms with E-state index in [4.69, 9.17) is 9.47 Å². The summed E-state index contributed by atoms with van der Waals surface area (Å²) in [5, 5.41) is 0. The van der Waals surface area contributed by atoms with Gasteiger partial charge in [-0.05, 0) is 12.2 Å². The molecule has 4 atom stereocenters. The highest BCUT2D eigenvalue weighted by molar-refractivity contribution is 7.99. The number of ether oxygens (including phenoxy) is 2. The largest absolute Gasteiger partial charge is 0.381 e. The highest BCUT2D eigenvalue weighted by Gasteiger charge is 2.40. The van der Waals surface area contributed by atoms with Crippen LogP contribution < -0.4 is 0 Å². The highest BCUT2D eigenvalue weighted by atomic mass is 32.2. The number of hydrogen-bond acceptors (Lipinski definition) is 5. The van der Waals surface area contributed by atoms with Crippen molar-refractivity contribution in [2.45, 2.75) is 25.0 Å². The molecule has 0 spiro atoms. The van der Waals surface area contributed by atoms with Gasteiger partial charge in [0.2, 0.25) is 0 Å². The lowest BCUT2D eigenvalue weighted by Gasteiger charge is -2.39. The summed E-state index contributed by atoms with van der Waals surface area (Å²) in [5.41, 5.74) is 0. The number of Topliss-reactive ketones (excluding diaryl/α,β-unsaturated/α-hetero) is 1. The molecule has 0 aromatic carbocycles. The third kappa shape index (κ3) is 3.24. The molecule has 0 bridgehead atoms. The van der Waals surface area contributed by atoms with Crippen LogP contribution in [0.2, 0.25) is 0 Å². The Balaban J connectivity index is 2.07. The molecule has 104 valence electrons. The van der Waals surface area contributed by atoms with Gasteiger partial charge >= 0.3 is 0 Å². The number of rotatable bonds is 4. The first kappa shape index (κ1) is 14.7. The van der Waals surface area contributed by atoms with Crippen molar-refractivity contribution in [3.05, 3.63) is 0 Å². The first-order valence-corrected chi connectivity index (χ1v) is 8.82. The molecule has 0 amide bonds. The molecule has 2 aliphatic heterocycles. The summed E-state index contributed by atoms with van der Waals surface area (Å²) in [5.74, 6) is 4.88. The summed E-state index contributed by atoms with van der Waals surface area (Å²) in [4.78, 5) is 12.1. The lowest BCUT2D eigenvalue weighted by Crippen LogP contribution is -2.47. The van der Waals surface area contributed by atoms with Gasteiger partial charge in [0.1, 0.15) is 5.78 Å². The van der Waals surface area contributed by atoms with Gasteiger partial charge in [0.15, 0.2) is 0 Å². The lowest BCUT2D eigenvalue weighted by atomic mass is 9.84. The van der Waals surface area contributed by atoms with E-state index in [-0.39, 0.29) is 18.1 Å². The summed E-state index contributed by atoms with van der Waals surface area (Å²) in [6.45, 7) is 0.